The normalized spacial score (nSPS) is 17.0. The minimum atomic E-state index is -0.609. The number of ether oxygens (including phenoxy) is 2. The van der Waals surface area contributed by atoms with Crippen molar-refractivity contribution in [3.63, 3.8) is 0 Å². The Balaban J connectivity index is 2.88. The molecular formula is C19H30N2O5. The quantitative estimate of drug-likeness (QED) is 0.550. The molecule has 0 aliphatic carbocycles. The van der Waals surface area contributed by atoms with E-state index in [4.69, 9.17) is 9.47 Å². The number of ketones is 1. The summed E-state index contributed by atoms with van der Waals surface area (Å²) in [4.78, 5) is 37.8. The number of esters is 1. The first-order valence-corrected chi connectivity index (χ1v) is 8.82. The average molecular weight is 366 g/mol. The van der Waals surface area contributed by atoms with Gasteiger partial charge >= 0.3 is 12.1 Å². The molecular weight excluding hydrogens is 336 g/mol. The van der Waals surface area contributed by atoms with E-state index in [1.807, 2.05) is 13.8 Å². The van der Waals surface area contributed by atoms with Gasteiger partial charge in [0.15, 0.2) is 5.78 Å². The Hall–Kier alpha value is -2.31. The van der Waals surface area contributed by atoms with E-state index in [2.05, 4.69) is 11.9 Å². The molecule has 0 spiro atoms. The fourth-order valence-electron chi connectivity index (χ4n) is 2.41. The lowest BCUT2D eigenvalue weighted by Gasteiger charge is -2.32. The van der Waals surface area contributed by atoms with Gasteiger partial charge in [-0.3, -0.25) is 9.69 Å². The number of hydrogen-bond donors (Lipinski definition) is 1. The third-order valence-corrected chi connectivity index (χ3v) is 3.84. The Morgan fingerprint density at radius 3 is 2.58 bits per heavy atom. The van der Waals surface area contributed by atoms with Gasteiger partial charge in [0.05, 0.1) is 13.1 Å². The zero-order chi connectivity index (χ0) is 19.9. The molecule has 146 valence electrons. The van der Waals surface area contributed by atoms with Gasteiger partial charge in [0.2, 0.25) is 0 Å². The maximum atomic E-state index is 12.6. The first-order valence-electron chi connectivity index (χ1n) is 8.82. The highest BCUT2D eigenvalue weighted by atomic mass is 16.6. The van der Waals surface area contributed by atoms with Gasteiger partial charge < -0.3 is 14.8 Å². The molecule has 2 atom stereocenters. The van der Waals surface area contributed by atoms with E-state index < -0.39 is 17.7 Å². The minimum Gasteiger partial charge on any atom is -0.458 e. The van der Waals surface area contributed by atoms with E-state index in [-0.39, 0.29) is 37.4 Å². The zero-order valence-corrected chi connectivity index (χ0v) is 16.3. The molecule has 0 saturated heterocycles. The molecule has 2 unspecified atom stereocenters. The molecule has 0 bridgehead atoms. The van der Waals surface area contributed by atoms with Crippen molar-refractivity contribution < 1.29 is 23.9 Å². The Morgan fingerprint density at radius 1 is 1.38 bits per heavy atom. The summed E-state index contributed by atoms with van der Waals surface area (Å²) >= 11 is 0. The Kier molecular flexibility index (Phi) is 7.86. The van der Waals surface area contributed by atoms with Crippen molar-refractivity contribution in [2.75, 3.05) is 19.7 Å². The Labute approximate surface area is 155 Å². The second kappa shape index (κ2) is 9.40. The van der Waals surface area contributed by atoms with E-state index in [1.165, 1.54) is 17.1 Å². The van der Waals surface area contributed by atoms with E-state index in [0.717, 1.165) is 6.42 Å². The van der Waals surface area contributed by atoms with Crippen LogP contribution in [0.15, 0.2) is 24.4 Å². The number of carbonyl (C=O) groups is 3. The number of nitrogens with one attached hydrogen (secondary N) is 1. The van der Waals surface area contributed by atoms with Crippen LogP contribution in [0, 0.1) is 5.92 Å². The molecule has 1 heterocycles. The van der Waals surface area contributed by atoms with Gasteiger partial charge in [-0.05, 0) is 26.7 Å². The highest BCUT2D eigenvalue weighted by Gasteiger charge is 2.32. The van der Waals surface area contributed by atoms with Crippen LogP contribution >= 0.6 is 0 Å². The van der Waals surface area contributed by atoms with Crippen LogP contribution in [-0.2, 0) is 19.1 Å². The lowest BCUT2D eigenvalue weighted by molar-refractivity contribution is -0.158. The standard InChI is InChI=1S/C19H30N2O5/c1-7-9-25-18(24)21-11-14(10-15(22)12-21)20-16(13(3)8-2)17(23)26-19(4,5)6/h7,10,13,16,20H,1,8-9,11-12H2,2-6H3. The van der Waals surface area contributed by atoms with Gasteiger partial charge in [-0.15, -0.1) is 0 Å². The van der Waals surface area contributed by atoms with Gasteiger partial charge in [0, 0.05) is 11.8 Å². The smallest absolute Gasteiger partial charge is 0.410 e. The fourth-order valence-corrected chi connectivity index (χ4v) is 2.41. The summed E-state index contributed by atoms with van der Waals surface area (Å²) in [6, 6.07) is -0.609. The van der Waals surface area contributed by atoms with Crippen LogP contribution in [0.1, 0.15) is 41.0 Å². The SMILES string of the molecule is C=CCOC(=O)N1CC(=O)C=C(NC(C(=O)OC(C)(C)C)C(C)CC)C1. The molecule has 0 fully saturated rings. The van der Waals surface area contributed by atoms with E-state index in [0.29, 0.717) is 5.70 Å². The predicted octanol–water partition coefficient (Wildman–Crippen LogP) is 2.42. The third-order valence-electron chi connectivity index (χ3n) is 3.84. The second-order valence-corrected chi connectivity index (χ2v) is 7.40. The molecule has 7 heteroatoms. The lowest BCUT2D eigenvalue weighted by atomic mass is 9.98. The van der Waals surface area contributed by atoms with Crippen molar-refractivity contribution >= 4 is 17.8 Å². The van der Waals surface area contributed by atoms with Crippen LogP contribution in [0.25, 0.3) is 0 Å². The molecule has 26 heavy (non-hydrogen) atoms. The van der Waals surface area contributed by atoms with E-state index in [1.54, 1.807) is 20.8 Å². The van der Waals surface area contributed by atoms with Crippen molar-refractivity contribution in [2.24, 2.45) is 5.92 Å². The van der Waals surface area contributed by atoms with Crippen LogP contribution in [0.3, 0.4) is 0 Å². The second-order valence-electron chi connectivity index (χ2n) is 7.40. The number of amides is 1. The van der Waals surface area contributed by atoms with Gasteiger partial charge in [-0.2, -0.15) is 0 Å². The monoisotopic (exact) mass is 366 g/mol. The molecule has 1 aliphatic rings. The zero-order valence-electron chi connectivity index (χ0n) is 16.3. The first kappa shape index (κ1) is 21.7. The number of nitrogens with zero attached hydrogens (tertiary/aromatic N) is 1. The van der Waals surface area contributed by atoms with Crippen molar-refractivity contribution in [1.29, 1.82) is 0 Å². The summed E-state index contributed by atoms with van der Waals surface area (Å²) in [6.07, 6.45) is 3.04. The molecule has 0 saturated carbocycles. The van der Waals surface area contributed by atoms with Crippen LogP contribution in [0.2, 0.25) is 0 Å². The molecule has 0 aromatic heterocycles. The Bertz CT molecular complexity index is 577. The molecule has 0 aromatic rings. The van der Waals surface area contributed by atoms with E-state index in [9.17, 15) is 14.4 Å². The molecule has 1 amide bonds. The summed E-state index contributed by atoms with van der Waals surface area (Å²) in [6.45, 7) is 13.0. The molecule has 1 aliphatic heterocycles. The maximum absolute atomic E-state index is 12.6. The topological polar surface area (TPSA) is 84.9 Å². The van der Waals surface area contributed by atoms with Crippen LogP contribution in [0.5, 0.6) is 0 Å². The predicted molar refractivity (Wildman–Crippen MR) is 98.4 cm³/mol. The largest absolute Gasteiger partial charge is 0.458 e. The minimum absolute atomic E-state index is 0.0102. The molecule has 7 nitrogen and oxygen atoms in total. The molecule has 1 N–H and O–H groups in total. The highest BCUT2D eigenvalue weighted by molar-refractivity contribution is 5.95. The molecule has 0 radical (unpaired) electrons. The Morgan fingerprint density at radius 2 is 2.04 bits per heavy atom. The first-order chi connectivity index (χ1) is 12.1. The van der Waals surface area contributed by atoms with Crippen molar-refractivity contribution in [1.82, 2.24) is 10.2 Å². The molecule has 1 rings (SSSR count). The van der Waals surface area contributed by atoms with Crippen molar-refractivity contribution in [2.45, 2.75) is 52.7 Å². The number of carbonyl (C=O) groups excluding carboxylic acids is 3. The summed E-state index contributed by atoms with van der Waals surface area (Å²) < 4.78 is 10.5. The van der Waals surface area contributed by atoms with Gasteiger partial charge in [-0.25, -0.2) is 9.59 Å². The lowest BCUT2D eigenvalue weighted by Crippen LogP contribution is -2.49. The highest BCUT2D eigenvalue weighted by Crippen LogP contribution is 2.17. The van der Waals surface area contributed by atoms with Crippen molar-refractivity contribution in [3.8, 4) is 0 Å². The maximum Gasteiger partial charge on any atom is 0.410 e. The summed E-state index contributed by atoms with van der Waals surface area (Å²) in [5.41, 5.74) is -0.116. The summed E-state index contributed by atoms with van der Waals surface area (Å²) in [5.74, 6) is -0.628. The van der Waals surface area contributed by atoms with Gasteiger partial charge in [0.25, 0.3) is 0 Å². The summed E-state index contributed by atoms with van der Waals surface area (Å²) in [5, 5.41) is 3.10. The molecule has 0 aromatic carbocycles. The number of hydrogen-bond acceptors (Lipinski definition) is 6. The third kappa shape index (κ3) is 6.90. The number of rotatable bonds is 7. The van der Waals surface area contributed by atoms with Crippen molar-refractivity contribution in [3.05, 3.63) is 24.4 Å². The van der Waals surface area contributed by atoms with Crippen LogP contribution < -0.4 is 5.32 Å². The average Bonchev–Trinajstić information content (AvgIpc) is 2.54. The van der Waals surface area contributed by atoms with E-state index >= 15 is 0 Å². The van der Waals surface area contributed by atoms with Gasteiger partial charge in [-0.1, -0.05) is 32.9 Å². The van der Waals surface area contributed by atoms with Crippen LogP contribution in [-0.4, -0.2) is 54.1 Å². The summed E-state index contributed by atoms with van der Waals surface area (Å²) in [7, 11) is 0. The van der Waals surface area contributed by atoms with Crippen LogP contribution in [0.4, 0.5) is 4.79 Å². The van der Waals surface area contributed by atoms with Gasteiger partial charge in [0.1, 0.15) is 18.2 Å². The fraction of sp³-hybridized carbons (Fsp3) is 0.632.